The highest BCUT2D eigenvalue weighted by atomic mass is 16.5. The van der Waals surface area contributed by atoms with E-state index in [1.165, 1.54) is 25.7 Å². The van der Waals surface area contributed by atoms with Gasteiger partial charge in [-0.1, -0.05) is 6.92 Å². The maximum absolute atomic E-state index is 5.15. The van der Waals surface area contributed by atoms with E-state index in [2.05, 4.69) is 27.1 Å². The molecule has 106 valence electrons. The Morgan fingerprint density at radius 2 is 2.26 bits per heavy atom. The Morgan fingerprint density at radius 1 is 1.42 bits per heavy atom. The Hall–Kier alpha value is -1.36. The summed E-state index contributed by atoms with van der Waals surface area (Å²) in [6.45, 7) is 3.79. The van der Waals surface area contributed by atoms with Crippen molar-refractivity contribution in [1.82, 2.24) is 9.97 Å². The summed E-state index contributed by atoms with van der Waals surface area (Å²) in [6.07, 6.45) is 4.99. The average molecular weight is 264 g/mol. The van der Waals surface area contributed by atoms with Crippen molar-refractivity contribution in [2.75, 3.05) is 30.9 Å². The molecule has 0 aliphatic carbocycles. The van der Waals surface area contributed by atoms with E-state index in [9.17, 15) is 0 Å². The number of nitrogens with zero attached hydrogens (tertiary/aromatic N) is 3. The minimum Gasteiger partial charge on any atom is -0.377 e. The van der Waals surface area contributed by atoms with Crippen LogP contribution in [-0.4, -0.2) is 36.7 Å². The monoisotopic (exact) mass is 264 g/mol. The van der Waals surface area contributed by atoms with Crippen molar-refractivity contribution in [1.29, 1.82) is 0 Å². The normalized spacial score (nSPS) is 19.5. The molecule has 19 heavy (non-hydrogen) atoms. The smallest absolute Gasteiger partial charge is 0.158 e. The molecule has 1 unspecified atom stereocenters. The van der Waals surface area contributed by atoms with Crippen LogP contribution in [0.4, 0.5) is 11.6 Å². The van der Waals surface area contributed by atoms with Gasteiger partial charge in [0.2, 0.25) is 0 Å². The zero-order valence-electron chi connectivity index (χ0n) is 12.1. The third kappa shape index (κ3) is 3.35. The fourth-order valence-corrected chi connectivity index (χ4v) is 2.68. The van der Waals surface area contributed by atoms with Crippen LogP contribution in [0.2, 0.25) is 0 Å². The predicted molar refractivity (Wildman–Crippen MR) is 77.6 cm³/mol. The molecule has 1 aliphatic rings. The van der Waals surface area contributed by atoms with E-state index in [1.54, 1.807) is 7.11 Å². The molecular formula is C14H24N4O. The average Bonchev–Trinajstić information content (AvgIpc) is 2.47. The fourth-order valence-electron chi connectivity index (χ4n) is 2.68. The van der Waals surface area contributed by atoms with E-state index in [4.69, 9.17) is 4.74 Å². The number of hydrogen-bond acceptors (Lipinski definition) is 5. The Labute approximate surface area is 115 Å². The van der Waals surface area contributed by atoms with Crippen molar-refractivity contribution in [2.24, 2.45) is 0 Å². The van der Waals surface area contributed by atoms with E-state index < -0.39 is 0 Å². The number of methoxy groups -OCH3 is 1. The molecule has 0 saturated carbocycles. The van der Waals surface area contributed by atoms with Crippen molar-refractivity contribution >= 4 is 11.6 Å². The molecule has 5 nitrogen and oxygen atoms in total. The summed E-state index contributed by atoms with van der Waals surface area (Å²) in [4.78, 5) is 11.5. The molecule has 0 bridgehead atoms. The Morgan fingerprint density at radius 3 is 2.95 bits per heavy atom. The summed E-state index contributed by atoms with van der Waals surface area (Å²) in [5.41, 5.74) is 0. The van der Waals surface area contributed by atoms with Gasteiger partial charge in [-0.3, -0.25) is 0 Å². The van der Waals surface area contributed by atoms with Gasteiger partial charge in [0.15, 0.2) is 5.82 Å². The quantitative estimate of drug-likeness (QED) is 0.885. The molecule has 1 fully saturated rings. The minimum atomic E-state index is 0.452. The first kappa shape index (κ1) is 14.1. The van der Waals surface area contributed by atoms with E-state index in [-0.39, 0.29) is 0 Å². The highest BCUT2D eigenvalue weighted by molar-refractivity contribution is 5.50. The Bertz CT molecular complexity index is 410. The first-order valence-corrected chi connectivity index (χ1v) is 7.09. The van der Waals surface area contributed by atoms with Crippen LogP contribution in [0.3, 0.4) is 0 Å². The third-order valence-corrected chi connectivity index (χ3v) is 3.68. The van der Waals surface area contributed by atoms with Gasteiger partial charge in [-0.15, -0.1) is 0 Å². The number of rotatable bonds is 5. The second-order valence-electron chi connectivity index (χ2n) is 4.96. The molecule has 2 rings (SSSR count). The van der Waals surface area contributed by atoms with Crippen LogP contribution in [-0.2, 0) is 11.3 Å². The molecule has 5 heteroatoms. The largest absolute Gasteiger partial charge is 0.377 e. The van der Waals surface area contributed by atoms with Crippen LogP contribution in [0.25, 0.3) is 0 Å². The topological polar surface area (TPSA) is 50.3 Å². The second-order valence-corrected chi connectivity index (χ2v) is 4.96. The van der Waals surface area contributed by atoms with Gasteiger partial charge in [-0.05, 0) is 25.7 Å². The highest BCUT2D eigenvalue weighted by Crippen LogP contribution is 2.26. The van der Waals surface area contributed by atoms with Gasteiger partial charge < -0.3 is 15.0 Å². The lowest BCUT2D eigenvalue weighted by molar-refractivity contribution is 0.178. The standard InChI is InChI=1S/C14H24N4O/c1-4-11-7-5-6-8-18(11)14-9-12(15-2)16-13(17-14)10-19-3/h9,11H,4-8,10H2,1-3H3,(H,15,16,17). The van der Waals surface area contributed by atoms with Gasteiger partial charge in [0.25, 0.3) is 0 Å². The fraction of sp³-hybridized carbons (Fsp3) is 0.714. The van der Waals surface area contributed by atoms with E-state index in [1.807, 2.05) is 13.1 Å². The summed E-state index contributed by atoms with van der Waals surface area (Å²) in [7, 11) is 3.56. The van der Waals surface area contributed by atoms with Gasteiger partial charge in [0.05, 0.1) is 0 Å². The number of ether oxygens (including phenoxy) is 1. The van der Waals surface area contributed by atoms with Crippen molar-refractivity contribution in [3.8, 4) is 0 Å². The van der Waals surface area contributed by atoms with Gasteiger partial charge in [0, 0.05) is 32.8 Å². The highest BCUT2D eigenvalue weighted by Gasteiger charge is 2.22. The predicted octanol–water partition coefficient (Wildman–Crippen LogP) is 2.43. The van der Waals surface area contributed by atoms with Crippen molar-refractivity contribution in [3.63, 3.8) is 0 Å². The molecule has 1 aliphatic heterocycles. The van der Waals surface area contributed by atoms with Gasteiger partial charge in [-0.25, -0.2) is 9.97 Å². The molecule has 1 aromatic rings. The minimum absolute atomic E-state index is 0.452. The summed E-state index contributed by atoms with van der Waals surface area (Å²) >= 11 is 0. The number of nitrogens with one attached hydrogen (secondary N) is 1. The zero-order chi connectivity index (χ0) is 13.7. The van der Waals surface area contributed by atoms with Crippen LogP contribution >= 0.6 is 0 Å². The zero-order valence-corrected chi connectivity index (χ0v) is 12.1. The molecule has 1 atom stereocenters. The summed E-state index contributed by atoms with van der Waals surface area (Å²) in [6, 6.07) is 2.64. The molecule has 1 aromatic heterocycles. The molecule has 1 N–H and O–H groups in total. The summed E-state index contributed by atoms with van der Waals surface area (Å²) in [5.74, 6) is 2.63. The second kappa shape index (κ2) is 6.70. The Kier molecular flexibility index (Phi) is 4.96. The maximum atomic E-state index is 5.15. The Balaban J connectivity index is 2.28. The van der Waals surface area contributed by atoms with Crippen LogP contribution in [0.15, 0.2) is 6.07 Å². The lowest BCUT2D eigenvalue weighted by atomic mass is 10.00. The maximum Gasteiger partial charge on any atom is 0.158 e. The van der Waals surface area contributed by atoms with Crippen LogP contribution < -0.4 is 10.2 Å². The van der Waals surface area contributed by atoms with E-state index in [0.717, 1.165) is 24.0 Å². The molecule has 2 heterocycles. The lowest BCUT2D eigenvalue weighted by Crippen LogP contribution is -2.39. The van der Waals surface area contributed by atoms with Gasteiger partial charge in [0.1, 0.15) is 18.2 Å². The van der Waals surface area contributed by atoms with Crippen LogP contribution in [0.5, 0.6) is 0 Å². The SMILES string of the molecule is CCC1CCCCN1c1cc(NC)nc(COC)n1. The first-order chi connectivity index (χ1) is 9.28. The van der Waals surface area contributed by atoms with Crippen molar-refractivity contribution in [2.45, 2.75) is 45.3 Å². The number of aromatic nitrogens is 2. The third-order valence-electron chi connectivity index (χ3n) is 3.68. The van der Waals surface area contributed by atoms with E-state index in [0.29, 0.717) is 12.6 Å². The molecule has 0 radical (unpaired) electrons. The van der Waals surface area contributed by atoms with Crippen LogP contribution in [0, 0.1) is 0 Å². The number of piperidine rings is 1. The molecule has 1 saturated heterocycles. The molecule has 0 aromatic carbocycles. The van der Waals surface area contributed by atoms with E-state index >= 15 is 0 Å². The number of hydrogen-bond donors (Lipinski definition) is 1. The van der Waals surface area contributed by atoms with Gasteiger partial charge in [-0.2, -0.15) is 0 Å². The summed E-state index contributed by atoms with van der Waals surface area (Å²) in [5, 5.41) is 3.10. The van der Waals surface area contributed by atoms with Crippen molar-refractivity contribution in [3.05, 3.63) is 11.9 Å². The summed E-state index contributed by atoms with van der Waals surface area (Å²) < 4.78 is 5.15. The van der Waals surface area contributed by atoms with Gasteiger partial charge >= 0.3 is 0 Å². The van der Waals surface area contributed by atoms with Crippen LogP contribution in [0.1, 0.15) is 38.4 Å². The molecule has 0 amide bonds. The molecule has 0 spiro atoms. The molecular weight excluding hydrogens is 240 g/mol. The number of anilines is 2. The first-order valence-electron chi connectivity index (χ1n) is 7.09. The lowest BCUT2D eigenvalue weighted by Gasteiger charge is -2.36. The van der Waals surface area contributed by atoms with Crippen molar-refractivity contribution < 1.29 is 4.74 Å².